The highest BCUT2D eigenvalue weighted by Gasteiger charge is 2.43. The summed E-state index contributed by atoms with van der Waals surface area (Å²) in [6.45, 7) is 13.6. The molecule has 1 atom stereocenters. The summed E-state index contributed by atoms with van der Waals surface area (Å²) in [6, 6.07) is 12.3. The molecule has 1 fully saturated rings. The topological polar surface area (TPSA) is 48.0 Å². The second-order valence-corrected chi connectivity index (χ2v) is 11.4. The zero-order valence-electron chi connectivity index (χ0n) is 21.7. The third-order valence-corrected chi connectivity index (χ3v) is 7.46. The zero-order valence-corrected chi connectivity index (χ0v) is 22.4. The average Bonchev–Trinajstić information content (AvgIpc) is 3.16. The highest BCUT2D eigenvalue weighted by atomic mass is 35.5. The Morgan fingerprint density at radius 2 is 1.91 bits per heavy atom. The molecule has 0 bridgehead atoms. The maximum atomic E-state index is 12.4. The number of aryl methyl sites for hydroxylation is 1. The minimum absolute atomic E-state index is 0.0400. The van der Waals surface area contributed by atoms with E-state index < -0.39 is 5.60 Å². The highest BCUT2D eigenvalue weighted by molar-refractivity contribution is 6.31. The fourth-order valence-corrected chi connectivity index (χ4v) is 5.18. The summed E-state index contributed by atoms with van der Waals surface area (Å²) in [7, 11) is 0. The predicted molar refractivity (Wildman–Crippen MR) is 139 cm³/mol. The molecule has 2 aromatic carbocycles. The molecule has 2 aromatic rings. The Morgan fingerprint density at radius 1 is 1.17 bits per heavy atom. The van der Waals surface area contributed by atoms with Gasteiger partial charge in [0.15, 0.2) is 0 Å². The van der Waals surface area contributed by atoms with Crippen LogP contribution in [-0.4, -0.2) is 42.7 Å². The fourth-order valence-electron chi connectivity index (χ4n) is 5.00. The molecule has 0 radical (unpaired) electrons. The number of carbonyl (C=O) groups is 1. The maximum Gasteiger partial charge on any atom is 0.310 e. The molecule has 4 rings (SSSR count). The standard InChI is InChI=1S/C29H38ClNO4/c1-6-21-7-10-25(30)22(15-21)18-33-23-8-9-24-26(16-23)34-19-29(24)11-13-31(14-12-29)17-20(2)27(32)35-28(3,4)5/h7-10,15-16,20H,6,11-14,17-19H2,1-5H3. The summed E-state index contributed by atoms with van der Waals surface area (Å²) in [4.78, 5) is 14.8. The van der Waals surface area contributed by atoms with Crippen LogP contribution in [0, 0.1) is 5.92 Å². The number of carbonyl (C=O) groups excluding carboxylic acids is 1. The number of esters is 1. The van der Waals surface area contributed by atoms with E-state index in [1.54, 1.807) is 0 Å². The molecule has 1 unspecified atom stereocenters. The van der Waals surface area contributed by atoms with E-state index in [1.807, 2.05) is 45.9 Å². The van der Waals surface area contributed by atoms with Crippen molar-refractivity contribution >= 4 is 17.6 Å². The predicted octanol–water partition coefficient (Wildman–Crippen LogP) is 6.19. The van der Waals surface area contributed by atoms with Crippen LogP contribution in [0.4, 0.5) is 0 Å². The molecule has 0 N–H and O–H groups in total. The van der Waals surface area contributed by atoms with Crippen LogP contribution >= 0.6 is 11.6 Å². The summed E-state index contributed by atoms with van der Waals surface area (Å²) in [6.07, 6.45) is 3.00. The van der Waals surface area contributed by atoms with E-state index in [1.165, 1.54) is 11.1 Å². The molecule has 2 aliphatic rings. The first kappa shape index (κ1) is 25.8. The van der Waals surface area contributed by atoms with Crippen molar-refractivity contribution in [2.75, 3.05) is 26.2 Å². The summed E-state index contributed by atoms with van der Waals surface area (Å²) < 4.78 is 17.8. The molecular formula is C29H38ClNO4. The van der Waals surface area contributed by atoms with Gasteiger partial charge >= 0.3 is 5.97 Å². The first-order valence-corrected chi connectivity index (χ1v) is 13.1. The third-order valence-electron chi connectivity index (χ3n) is 7.10. The number of benzene rings is 2. The first-order valence-electron chi connectivity index (χ1n) is 12.7. The lowest BCUT2D eigenvalue weighted by atomic mass is 9.74. The minimum atomic E-state index is -0.448. The fraction of sp³-hybridized carbons (Fsp3) is 0.552. The monoisotopic (exact) mass is 499 g/mol. The Bertz CT molecular complexity index is 1050. The normalized spacial score (nSPS) is 18.1. The molecule has 0 aliphatic carbocycles. The molecule has 35 heavy (non-hydrogen) atoms. The number of hydrogen-bond donors (Lipinski definition) is 0. The van der Waals surface area contributed by atoms with Crippen molar-refractivity contribution < 1.29 is 19.0 Å². The summed E-state index contributed by atoms with van der Waals surface area (Å²) in [5, 5.41) is 0.728. The molecule has 2 heterocycles. The SMILES string of the molecule is CCc1ccc(Cl)c(COc2ccc3c(c2)OCC32CCN(CC(C)C(=O)OC(C)(C)C)CC2)c1. The van der Waals surface area contributed by atoms with Crippen LogP contribution < -0.4 is 9.47 Å². The van der Waals surface area contributed by atoms with Gasteiger partial charge in [0.05, 0.1) is 12.5 Å². The van der Waals surface area contributed by atoms with Crippen LogP contribution in [0.2, 0.25) is 5.02 Å². The number of halogens is 1. The van der Waals surface area contributed by atoms with Gasteiger partial charge in [-0.3, -0.25) is 4.79 Å². The molecule has 0 amide bonds. The molecule has 190 valence electrons. The lowest BCUT2D eigenvalue weighted by Gasteiger charge is -2.39. The van der Waals surface area contributed by atoms with Crippen LogP contribution in [0.1, 0.15) is 64.2 Å². The van der Waals surface area contributed by atoms with Gasteiger partial charge in [-0.25, -0.2) is 0 Å². The Hall–Kier alpha value is -2.24. The van der Waals surface area contributed by atoms with Gasteiger partial charge in [-0.05, 0) is 70.8 Å². The van der Waals surface area contributed by atoms with Gasteiger partial charge in [-0.1, -0.05) is 43.6 Å². The van der Waals surface area contributed by atoms with Gasteiger partial charge in [0, 0.05) is 34.2 Å². The van der Waals surface area contributed by atoms with Crippen molar-refractivity contribution in [2.24, 2.45) is 5.92 Å². The van der Waals surface area contributed by atoms with E-state index in [0.717, 1.165) is 61.0 Å². The molecule has 0 aromatic heterocycles. The van der Waals surface area contributed by atoms with Crippen LogP contribution in [0.15, 0.2) is 36.4 Å². The second-order valence-electron chi connectivity index (χ2n) is 11.0. The van der Waals surface area contributed by atoms with Gasteiger partial charge < -0.3 is 19.1 Å². The van der Waals surface area contributed by atoms with E-state index in [-0.39, 0.29) is 17.3 Å². The quantitative estimate of drug-likeness (QED) is 0.425. The molecular weight excluding hydrogens is 462 g/mol. The van der Waals surface area contributed by atoms with Crippen molar-refractivity contribution in [1.82, 2.24) is 4.90 Å². The number of fused-ring (bicyclic) bond motifs is 2. The Labute approximate surface area is 214 Å². The van der Waals surface area contributed by atoms with Gasteiger partial charge in [-0.2, -0.15) is 0 Å². The van der Waals surface area contributed by atoms with E-state index in [0.29, 0.717) is 13.2 Å². The largest absolute Gasteiger partial charge is 0.492 e. The molecule has 1 saturated heterocycles. The van der Waals surface area contributed by atoms with Gasteiger partial charge in [0.25, 0.3) is 0 Å². The van der Waals surface area contributed by atoms with Crippen LogP contribution in [-0.2, 0) is 28.0 Å². The lowest BCUT2D eigenvalue weighted by molar-refractivity contribution is -0.160. The number of piperidine rings is 1. The third kappa shape index (κ3) is 6.13. The van der Waals surface area contributed by atoms with E-state index in [9.17, 15) is 4.79 Å². The first-order chi connectivity index (χ1) is 16.6. The highest BCUT2D eigenvalue weighted by Crippen LogP contribution is 2.46. The summed E-state index contributed by atoms with van der Waals surface area (Å²) in [5.74, 6) is 1.46. The Balaban J connectivity index is 1.34. The van der Waals surface area contributed by atoms with Crippen molar-refractivity contribution in [1.29, 1.82) is 0 Å². The minimum Gasteiger partial charge on any atom is -0.492 e. The van der Waals surface area contributed by atoms with E-state index in [4.69, 9.17) is 25.8 Å². The van der Waals surface area contributed by atoms with Crippen LogP contribution in [0.25, 0.3) is 0 Å². The second kappa shape index (κ2) is 10.4. The molecule has 6 heteroatoms. The van der Waals surface area contributed by atoms with Gasteiger partial charge in [0.2, 0.25) is 0 Å². The zero-order chi connectivity index (χ0) is 25.2. The van der Waals surface area contributed by atoms with Gasteiger partial charge in [0.1, 0.15) is 23.7 Å². The maximum absolute atomic E-state index is 12.4. The average molecular weight is 500 g/mol. The number of likely N-dealkylation sites (tertiary alicyclic amines) is 1. The Kier molecular flexibility index (Phi) is 7.68. The van der Waals surface area contributed by atoms with Crippen molar-refractivity contribution in [3.05, 3.63) is 58.1 Å². The van der Waals surface area contributed by atoms with Crippen molar-refractivity contribution in [3.8, 4) is 11.5 Å². The Morgan fingerprint density at radius 3 is 2.60 bits per heavy atom. The van der Waals surface area contributed by atoms with E-state index >= 15 is 0 Å². The van der Waals surface area contributed by atoms with Crippen LogP contribution in [0.3, 0.4) is 0 Å². The number of ether oxygens (including phenoxy) is 3. The van der Waals surface area contributed by atoms with Crippen molar-refractivity contribution in [3.63, 3.8) is 0 Å². The smallest absolute Gasteiger partial charge is 0.310 e. The summed E-state index contributed by atoms with van der Waals surface area (Å²) in [5.41, 5.74) is 3.11. The van der Waals surface area contributed by atoms with Crippen LogP contribution in [0.5, 0.6) is 11.5 Å². The number of nitrogens with zero attached hydrogens (tertiary/aromatic N) is 1. The van der Waals surface area contributed by atoms with Crippen molar-refractivity contribution in [2.45, 2.75) is 71.5 Å². The number of hydrogen-bond acceptors (Lipinski definition) is 5. The molecule has 0 saturated carbocycles. The molecule has 2 aliphatic heterocycles. The van der Waals surface area contributed by atoms with Gasteiger partial charge in [-0.15, -0.1) is 0 Å². The summed E-state index contributed by atoms with van der Waals surface area (Å²) >= 11 is 6.36. The molecule has 1 spiro atoms. The molecule has 5 nitrogen and oxygen atoms in total. The van der Waals surface area contributed by atoms with E-state index in [2.05, 4.69) is 30.0 Å². The number of rotatable bonds is 7. The lowest BCUT2D eigenvalue weighted by Crippen LogP contribution is -2.46.